The summed E-state index contributed by atoms with van der Waals surface area (Å²) in [6.45, 7) is 3.87. The third-order valence-electron chi connectivity index (χ3n) is 3.01. The summed E-state index contributed by atoms with van der Waals surface area (Å²) >= 11 is 0. The average molecular weight is 252 g/mol. The second-order valence-corrected chi connectivity index (χ2v) is 4.62. The molecule has 0 atom stereocenters. The fraction of sp³-hybridized carbons (Fsp3) is 0.118. The van der Waals surface area contributed by atoms with Crippen molar-refractivity contribution in [2.75, 3.05) is 0 Å². The third kappa shape index (κ3) is 3.32. The number of carboxylic acids is 1. The maximum Gasteiger partial charge on any atom is 0.328 e. The van der Waals surface area contributed by atoms with Crippen LogP contribution in [-0.4, -0.2) is 11.1 Å². The van der Waals surface area contributed by atoms with Crippen LogP contribution in [0, 0.1) is 6.92 Å². The van der Waals surface area contributed by atoms with Gasteiger partial charge in [-0.2, -0.15) is 0 Å². The summed E-state index contributed by atoms with van der Waals surface area (Å²) in [6, 6.07) is 16.2. The molecule has 2 aromatic carbocycles. The molecular formula is C17H16O2. The number of aliphatic carboxylic acids is 1. The molecule has 2 heteroatoms. The first-order valence-electron chi connectivity index (χ1n) is 6.15. The van der Waals surface area contributed by atoms with E-state index in [1.165, 1.54) is 11.6 Å². The molecule has 0 heterocycles. The van der Waals surface area contributed by atoms with Crippen LogP contribution in [0.25, 0.3) is 16.7 Å². The first-order chi connectivity index (χ1) is 9.06. The van der Waals surface area contributed by atoms with Crippen LogP contribution in [-0.2, 0) is 4.79 Å². The zero-order valence-electron chi connectivity index (χ0n) is 11.1. The van der Waals surface area contributed by atoms with Gasteiger partial charge in [0, 0.05) is 6.08 Å². The molecular weight excluding hydrogens is 236 g/mol. The predicted octanol–water partition coefficient (Wildman–Crippen LogP) is 4.15. The van der Waals surface area contributed by atoms with Crippen molar-refractivity contribution < 1.29 is 9.90 Å². The van der Waals surface area contributed by atoms with Crippen molar-refractivity contribution in [1.82, 2.24) is 0 Å². The van der Waals surface area contributed by atoms with E-state index < -0.39 is 5.97 Å². The lowest BCUT2D eigenvalue weighted by Crippen LogP contribution is -1.90. The van der Waals surface area contributed by atoms with E-state index in [1.54, 1.807) is 0 Å². The quantitative estimate of drug-likeness (QED) is 0.833. The minimum Gasteiger partial charge on any atom is -0.478 e. The number of aryl methyl sites for hydroxylation is 1. The summed E-state index contributed by atoms with van der Waals surface area (Å²) in [5, 5.41) is 8.79. The fourth-order valence-electron chi connectivity index (χ4n) is 2.04. The van der Waals surface area contributed by atoms with Crippen molar-refractivity contribution >= 4 is 11.5 Å². The van der Waals surface area contributed by atoms with Gasteiger partial charge in [-0.15, -0.1) is 0 Å². The summed E-state index contributed by atoms with van der Waals surface area (Å²) in [5.41, 5.74) is 5.13. The van der Waals surface area contributed by atoms with Crippen molar-refractivity contribution in [2.24, 2.45) is 0 Å². The van der Waals surface area contributed by atoms with Crippen LogP contribution < -0.4 is 0 Å². The van der Waals surface area contributed by atoms with Gasteiger partial charge in [0.05, 0.1) is 0 Å². The Hall–Kier alpha value is -2.35. The largest absolute Gasteiger partial charge is 0.478 e. The van der Waals surface area contributed by atoms with E-state index in [0.717, 1.165) is 22.3 Å². The molecule has 1 N–H and O–H groups in total. The third-order valence-corrected chi connectivity index (χ3v) is 3.01. The van der Waals surface area contributed by atoms with Crippen LogP contribution in [0.2, 0.25) is 0 Å². The number of rotatable bonds is 3. The van der Waals surface area contributed by atoms with Gasteiger partial charge in [0.1, 0.15) is 0 Å². The van der Waals surface area contributed by atoms with E-state index in [-0.39, 0.29) is 0 Å². The number of benzene rings is 2. The molecule has 0 spiro atoms. The highest BCUT2D eigenvalue weighted by molar-refractivity contribution is 5.90. The second-order valence-electron chi connectivity index (χ2n) is 4.62. The van der Waals surface area contributed by atoms with Crippen LogP contribution in [0.5, 0.6) is 0 Å². The first-order valence-corrected chi connectivity index (χ1v) is 6.15. The maximum atomic E-state index is 10.7. The Morgan fingerprint density at radius 3 is 2.32 bits per heavy atom. The standard InChI is InChI=1S/C17H16O2/c1-12-5-3-7-15(9-12)16-8-4-6-14(11-16)13(2)10-17(18)19/h3-11H,1-2H3,(H,18,19)/b13-10+. The fourth-order valence-corrected chi connectivity index (χ4v) is 2.04. The summed E-state index contributed by atoms with van der Waals surface area (Å²) in [7, 11) is 0. The van der Waals surface area contributed by atoms with Crippen molar-refractivity contribution in [3.63, 3.8) is 0 Å². The van der Waals surface area contributed by atoms with Gasteiger partial charge >= 0.3 is 5.97 Å². The van der Waals surface area contributed by atoms with Gasteiger partial charge in [0.2, 0.25) is 0 Å². The minimum absolute atomic E-state index is 0.752. The molecule has 0 saturated carbocycles. The monoisotopic (exact) mass is 252 g/mol. The summed E-state index contributed by atoms with van der Waals surface area (Å²) in [6.07, 6.45) is 1.23. The van der Waals surface area contributed by atoms with Crippen molar-refractivity contribution in [1.29, 1.82) is 0 Å². The van der Waals surface area contributed by atoms with E-state index in [0.29, 0.717) is 0 Å². The molecule has 0 aliphatic heterocycles. The second kappa shape index (κ2) is 5.53. The van der Waals surface area contributed by atoms with Gasteiger partial charge in [-0.3, -0.25) is 0 Å². The molecule has 2 nitrogen and oxygen atoms in total. The lowest BCUT2D eigenvalue weighted by Gasteiger charge is -2.06. The van der Waals surface area contributed by atoms with Crippen LogP contribution in [0.1, 0.15) is 18.1 Å². The molecule has 0 aliphatic rings. The Morgan fingerprint density at radius 2 is 1.68 bits per heavy atom. The lowest BCUT2D eigenvalue weighted by atomic mass is 9.98. The maximum absolute atomic E-state index is 10.7. The molecule has 0 fully saturated rings. The molecule has 0 amide bonds. The van der Waals surface area contributed by atoms with E-state index in [9.17, 15) is 4.79 Å². The topological polar surface area (TPSA) is 37.3 Å². The molecule has 0 unspecified atom stereocenters. The number of hydrogen-bond acceptors (Lipinski definition) is 1. The molecule has 0 saturated heterocycles. The van der Waals surface area contributed by atoms with Crippen molar-refractivity contribution in [3.8, 4) is 11.1 Å². The normalized spacial score (nSPS) is 11.4. The summed E-state index contributed by atoms with van der Waals surface area (Å²) < 4.78 is 0. The van der Waals surface area contributed by atoms with Crippen molar-refractivity contribution in [2.45, 2.75) is 13.8 Å². The number of carbonyl (C=O) groups is 1. The highest BCUT2D eigenvalue weighted by atomic mass is 16.4. The molecule has 2 aromatic rings. The van der Waals surface area contributed by atoms with E-state index in [4.69, 9.17) is 5.11 Å². The Labute approximate surface area is 113 Å². The highest BCUT2D eigenvalue weighted by Gasteiger charge is 2.02. The molecule has 0 aromatic heterocycles. The first kappa shape index (κ1) is 13.1. The van der Waals surface area contributed by atoms with Gasteiger partial charge in [-0.1, -0.05) is 48.0 Å². The van der Waals surface area contributed by atoms with Crippen LogP contribution in [0.4, 0.5) is 0 Å². The summed E-state index contributed by atoms with van der Waals surface area (Å²) in [5.74, 6) is -0.918. The Morgan fingerprint density at radius 1 is 1.05 bits per heavy atom. The summed E-state index contributed by atoms with van der Waals surface area (Å²) in [4.78, 5) is 10.7. The van der Waals surface area contributed by atoms with Gasteiger partial charge < -0.3 is 5.11 Å². The smallest absolute Gasteiger partial charge is 0.328 e. The van der Waals surface area contributed by atoms with Gasteiger partial charge in [0.15, 0.2) is 0 Å². The number of allylic oxidation sites excluding steroid dienone is 1. The molecule has 0 radical (unpaired) electrons. The van der Waals surface area contributed by atoms with Crippen LogP contribution >= 0.6 is 0 Å². The average Bonchev–Trinajstić information content (AvgIpc) is 2.38. The molecule has 0 bridgehead atoms. The Kier molecular flexibility index (Phi) is 3.81. The minimum atomic E-state index is -0.918. The van der Waals surface area contributed by atoms with E-state index in [2.05, 4.69) is 25.1 Å². The lowest BCUT2D eigenvalue weighted by molar-refractivity contribution is -0.131. The van der Waals surface area contributed by atoms with Gasteiger partial charge in [-0.05, 0) is 42.2 Å². The van der Waals surface area contributed by atoms with Crippen LogP contribution in [0.15, 0.2) is 54.6 Å². The predicted molar refractivity (Wildman–Crippen MR) is 77.9 cm³/mol. The zero-order chi connectivity index (χ0) is 13.8. The number of hydrogen-bond donors (Lipinski definition) is 1. The van der Waals surface area contributed by atoms with E-state index >= 15 is 0 Å². The van der Waals surface area contributed by atoms with Gasteiger partial charge in [-0.25, -0.2) is 4.79 Å². The van der Waals surface area contributed by atoms with E-state index in [1.807, 2.05) is 37.3 Å². The molecule has 96 valence electrons. The SMILES string of the molecule is C/C(=C\C(=O)O)c1cccc(-c2cccc(C)c2)c1. The highest BCUT2D eigenvalue weighted by Crippen LogP contribution is 2.24. The van der Waals surface area contributed by atoms with Crippen LogP contribution in [0.3, 0.4) is 0 Å². The molecule has 2 rings (SSSR count). The Balaban J connectivity index is 2.42. The Bertz CT molecular complexity index is 639. The molecule has 19 heavy (non-hydrogen) atoms. The van der Waals surface area contributed by atoms with Gasteiger partial charge in [0.25, 0.3) is 0 Å². The molecule has 0 aliphatic carbocycles. The van der Waals surface area contributed by atoms with Crippen molar-refractivity contribution in [3.05, 3.63) is 65.7 Å². The zero-order valence-corrected chi connectivity index (χ0v) is 11.1. The number of carboxylic acid groups (broad SMARTS) is 1.